The Morgan fingerprint density at radius 2 is 1.75 bits per heavy atom. The first kappa shape index (κ1) is 28.0. The largest absolute Gasteiger partial charge is 0.460 e. The lowest BCUT2D eigenvalue weighted by Gasteiger charge is -2.42. The Hall–Kier alpha value is -2.62. The smallest absolute Gasteiger partial charge is 0.410 e. The van der Waals surface area contributed by atoms with E-state index in [2.05, 4.69) is 0 Å². The van der Waals surface area contributed by atoms with Crippen LogP contribution in [0.3, 0.4) is 0 Å². The Kier molecular flexibility index (Phi) is 8.69. The summed E-state index contributed by atoms with van der Waals surface area (Å²) < 4.78 is 36.5. The summed E-state index contributed by atoms with van der Waals surface area (Å²) in [7, 11) is -3.44. The van der Waals surface area contributed by atoms with E-state index in [0.29, 0.717) is 25.9 Å². The van der Waals surface area contributed by atoms with Crippen LogP contribution in [-0.2, 0) is 35.5 Å². The molecule has 200 valence electrons. The molecule has 1 aromatic carbocycles. The minimum Gasteiger partial charge on any atom is -0.460 e. The number of piperidine rings is 1. The van der Waals surface area contributed by atoms with E-state index in [9.17, 15) is 22.8 Å². The average Bonchev–Trinajstić information content (AvgIpc) is 3.17. The zero-order valence-corrected chi connectivity index (χ0v) is 22.6. The molecule has 2 unspecified atom stereocenters. The van der Waals surface area contributed by atoms with Gasteiger partial charge in [0.05, 0.1) is 11.0 Å². The molecule has 0 N–H and O–H groups in total. The van der Waals surface area contributed by atoms with Crippen molar-refractivity contribution in [3.05, 3.63) is 35.9 Å². The minimum absolute atomic E-state index is 0.0903. The first-order chi connectivity index (χ1) is 16.8. The summed E-state index contributed by atoms with van der Waals surface area (Å²) in [4.78, 5) is 41.8. The first-order valence-corrected chi connectivity index (χ1v) is 14.2. The third kappa shape index (κ3) is 6.99. The van der Waals surface area contributed by atoms with Crippen molar-refractivity contribution in [2.75, 3.05) is 25.4 Å². The van der Waals surface area contributed by atoms with Crippen molar-refractivity contribution in [2.24, 2.45) is 11.8 Å². The van der Waals surface area contributed by atoms with Gasteiger partial charge in [0.25, 0.3) is 0 Å². The number of carbonyl (C=O) groups is 3. The van der Waals surface area contributed by atoms with Crippen molar-refractivity contribution in [2.45, 2.75) is 71.0 Å². The number of hydrogen-bond acceptors (Lipinski definition) is 7. The SMILES string of the molecule is CC(C)S(=O)(=O)CC1CN(C(=O)OC(C)(C)C)CCC1N1CC[C@H](C(=O)OCc2ccccc2)C1=O. The molecule has 2 amide bonds. The summed E-state index contributed by atoms with van der Waals surface area (Å²) >= 11 is 0. The standard InChI is InChI=1S/C26H38N2O7S/c1-18(2)36(32,33)17-20-15-27(25(31)35-26(3,4)5)13-12-22(20)28-14-11-21(23(28)29)24(30)34-16-19-9-7-6-8-10-19/h6-10,18,20-22H,11-17H2,1-5H3/t20?,21-,22?/m0/s1. The van der Waals surface area contributed by atoms with Gasteiger partial charge in [-0.2, -0.15) is 0 Å². The highest BCUT2D eigenvalue weighted by Gasteiger charge is 2.46. The second kappa shape index (κ2) is 11.2. The molecular formula is C26H38N2O7S. The predicted molar refractivity (Wildman–Crippen MR) is 135 cm³/mol. The number of hydrogen-bond donors (Lipinski definition) is 0. The maximum Gasteiger partial charge on any atom is 0.410 e. The quantitative estimate of drug-likeness (QED) is 0.400. The fraction of sp³-hybridized carbons (Fsp3) is 0.654. The van der Waals surface area contributed by atoms with Crippen LogP contribution in [0.25, 0.3) is 0 Å². The van der Waals surface area contributed by atoms with Gasteiger partial charge in [0.15, 0.2) is 9.84 Å². The van der Waals surface area contributed by atoms with E-state index in [0.717, 1.165) is 5.56 Å². The Labute approximate surface area is 214 Å². The molecule has 1 aromatic rings. The number of ether oxygens (including phenoxy) is 2. The molecule has 9 nitrogen and oxygen atoms in total. The van der Waals surface area contributed by atoms with Crippen LogP contribution in [0.2, 0.25) is 0 Å². The van der Waals surface area contributed by atoms with Crippen molar-refractivity contribution in [3.63, 3.8) is 0 Å². The van der Waals surface area contributed by atoms with Crippen LogP contribution in [0.1, 0.15) is 53.0 Å². The van der Waals surface area contributed by atoms with Crippen LogP contribution >= 0.6 is 0 Å². The molecule has 2 aliphatic heterocycles. The van der Waals surface area contributed by atoms with Gasteiger partial charge in [0.2, 0.25) is 5.91 Å². The number of esters is 1. The molecule has 0 spiro atoms. The molecule has 0 radical (unpaired) electrons. The van der Waals surface area contributed by atoms with Crippen LogP contribution in [0, 0.1) is 11.8 Å². The third-order valence-corrected chi connectivity index (χ3v) is 8.99. The summed E-state index contributed by atoms with van der Waals surface area (Å²) in [6.45, 7) is 9.52. The highest BCUT2D eigenvalue weighted by Crippen LogP contribution is 2.31. The van der Waals surface area contributed by atoms with Crippen LogP contribution in [0.4, 0.5) is 4.79 Å². The van der Waals surface area contributed by atoms with E-state index in [1.165, 1.54) is 4.90 Å². The van der Waals surface area contributed by atoms with Gasteiger partial charge in [-0.15, -0.1) is 0 Å². The van der Waals surface area contributed by atoms with E-state index < -0.39 is 50.6 Å². The highest BCUT2D eigenvalue weighted by atomic mass is 32.2. The second-order valence-corrected chi connectivity index (χ2v) is 13.5. The Bertz CT molecular complexity index is 1050. The Morgan fingerprint density at radius 1 is 1.08 bits per heavy atom. The third-order valence-electron chi connectivity index (χ3n) is 6.66. The summed E-state index contributed by atoms with van der Waals surface area (Å²) in [5, 5.41) is -0.579. The monoisotopic (exact) mass is 522 g/mol. The lowest BCUT2D eigenvalue weighted by molar-refractivity contribution is -0.154. The van der Waals surface area contributed by atoms with Gasteiger partial charge in [-0.3, -0.25) is 9.59 Å². The maximum absolute atomic E-state index is 13.3. The van der Waals surface area contributed by atoms with Gasteiger partial charge in [-0.1, -0.05) is 30.3 Å². The fourth-order valence-corrected chi connectivity index (χ4v) is 5.97. The van der Waals surface area contributed by atoms with Crippen molar-refractivity contribution in [3.8, 4) is 0 Å². The fourth-order valence-electron chi connectivity index (χ4n) is 4.66. The van der Waals surface area contributed by atoms with Gasteiger partial charge in [-0.05, 0) is 53.0 Å². The summed E-state index contributed by atoms with van der Waals surface area (Å²) in [6.07, 6.45) is 0.236. The average molecular weight is 523 g/mol. The number of sulfone groups is 1. The van der Waals surface area contributed by atoms with E-state index in [1.54, 1.807) is 39.5 Å². The van der Waals surface area contributed by atoms with Gasteiger partial charge in [0, 0.05) is 31.6 Å². The number of benzene rings is 1. The zero-order valence-electron chi connectivity index (χ0n) is 21.8. The molecule has 2 heterocycles. The Morgan fingerprint density at radius 3 is 2.36 bits per heavy atom. The van der Waals surface area contributed by atoms with Crippen molar-refractivity contribution < 1.29 is 32.3 Å². The number of amides is 2. The first-order valence-electron chi connectivity index (χ1n) is 12.5. The number of nitrogens with zero attached hydrogens (tertiary/aromatic N) is 2. The summed E-state index contributed by atoms with van der Waals surface area (Å²) in [6, 6.07) is 8.86. The molecular weight excluding hydrogens is 484 g/mol. The molecule has 3 rings (SSSR count). The van der Waals surface area contributed by atoms with Gasteiger partial charge in [0.1, 0.15) is 18.1 Å². The summed E-state index contributed by atoms with van der Waals surface area (Å²) in [5.74, 6) is -2.44. The molecule has 2 saturated heterocycles. The molecule has 36 heavy (non-hydrogen) atoms. The Balaban J connectivity index is 1.72. The molecule has 3 atom stereocenters. The van der Waals surface area contributed by atoms with E-state index in [1.807, 2.05) is 30.3 Å². The van der Waals surface area contributed by atoms with Crippen LogP contribution < -0.4 is 0 Å². The molecule has 0 aliphatic carbocycles. The summed E-state index contributed by atoms with van der Waals surface area (Å²) in [5.41, 5.74) is 0.160. The minimum atomic E-state index is -3.44. The lowest BCUT2D eigenvalue weighted by Crippen LogP contribution is -2.56. The van der Waals surface area contributed by atoms with Crippen molar-refractivity contribution in [1.29, 1.82) is 0 Å². The van der Waals surface area contributed by atoms with Crippen LogP contribution in [0.15, 0.2) is 30.3 Å². The second-order valence-electron chi connectivity index (χ2n) is 10.9. The molecule has 0 aromatic heterocycles. The topological polar surface area (TPSA) is 110 Å². The van der Waals surface area contributed by atoms with Gasteiger partial charge >= 0.3 is 12.1 Å². The maximum atomic E-state index is 13.3. The van der Waals surface area contributed by atoms with E-state index in [4.69, 9.17) is 9.47 Å². The van der Waals surface area contributed by atoms with Gasteiger partial charge in [-0.25, -0.2) is 13.2 Å². The predicted octanol–water partition coefficient (Wildman–Crippen LogP) is 3.03. The number of rotatable bonds is 7. The van der Waals surface area contributed by atoms with Crippen molar-refractivity contribution >= 4 is 27.8 Å². The normalized spacial score (nSPS) is 23.2. The highest BCUT2D eigenvalue weighted by molar-refractivity contribution is 7.91. The van der Waals surface area contributed by atoms with Crippen LogP contribution in [0.5, 0.6) is 0 Å². The van der Waals surface area contributed by atoms with Crippen LogP contribution in [-0.4, -0.2) is 78.5 Å². The van der Waals surface area contributed by atoms with E-state index in [-0.39, 0.29) is 24.8 Å². The number of carbonyl (C=O) groups excluding carboxylic acids is 3. The van der Waals surface area contributed by atoms with Crippen molar-refractivity contribution in [1.82, 2.24) is 9.80 Å². The molecule has 0 bridgehead atoms. The van der Waals surface area contributed by atoms with Gasteiger partial charge < -0.3 is 19.3 Å². The molecule has 2 fully saturated rings. The lowest BCUT2D eigenvalue weighted by atomic mass is 9.92. The zero-order chi connectivity index (χ0) is 26.7. The van der Waals surface area contributed by atoms with E-state index >= 15 is 0 Å². The molecule has 2 aliphatic rings. The molecule has 10 heteroatoms. The number of likely N-dealkylation sites (tertiary alicyclic amines) is 2. The molecule has 0 saturated carbocycles.